The maximum Gasteiger partial charge on any atom is 0.218 e. The molecule has 0 aliphatic heterocycles. The normalized spacial score (nSPS) is 10.6. The summed E-state index contributed by atoms with van der Waals surface area (Å²) in [7, 11) is 0. The number of aromatic nitrogens is 2. The molecule has 0 atom stereocenters. The third-order valence-corrected chi connectivity index (χ3v) is 4.69. The van der Waals surface area contributed by atoms with E-state index < -0.39 is 5.95 Å². The smallest absolute Gasteiger partial charge is 0.218 e. The number of benzene rings is 1. The molecule has 0 saturated carbocycles. The number of thiophene rings is 1. The molecule has 3 rings (SSSR count). The van der Waals surface area contributed by atoms with E-state index in [9.17, 15) is 4.39 Å². The highest BCUT2D eigenvalue weighted by Crippen LogP contribution is 2.22. The second kappa shape index (κ2) is 6.89. The molecular formula is C16H14FN3S2. The predicted molar refractivity (Wildman–Crippen MR) is 90.9 cm³/mol. The number of thioether (sulfide) groups is 1. The van der Waals surface area contributed by atoms with Gasteiger partial charge >= 0.3 is 0 Å². The largest absolute Gasteiger partial charge is 0.365 e. The summed E-state index contributed by atoms with van der Waals surface area (Å²) in [5, 5.41) is 5.15. The van der Waals surface area contributed by atoms with Crippen LogP contribution in [0.1, 0.15) is 4.88 Å². The van der Waals surface area contributed by atoms with Gasteiger partial charge in [-0.2, -0.15) is 9.37 Å². The summed E-state index contributed by atoms with van der Waals surface area (Å²) >= 11 is 3.31. The van der Waals surface area contributed by atoms with Gasteiger partial charge in [0.2, 0.25) is 5.95 Å². The molecule has 0 saturated heterocycles. The van der Waals surface area contributed by atoms with Crippen LogP contribution in [0.3, 0.4) is 0 Å². The van der Waals surface area contributed by atoms with Gasteiger partial charge in [0.15, 0.2) is 5.82 Å². The lowest BCUT2D eigenvalue weighted by molar-refractivity contribution is 0.582. The van der Waals surface area contributed by atoms with Gasteiger partial charge in [0, 0.05) is 21.4 Å². The first kappa shape index (κ1) is 15.0. The van der Waals surface area contributed by atoms with Gasteiger partial charge in [-0.25, -0.2) is 4.98 Å². The van der Waals surface area contributed by atoms with Crippen LogP contribution < -0.4 is 5.32 Å². The number of hydrogen-bond donors (Lipinski definition) is 1. The Labute approximate surface area is 136 Å². The van der Waals surface area contributed by atoms with E-state index in [2.05, 4.69) is 15.3 Å². The molecule has 6 heteroatoms. The summed E-state index contributed by atoms with van der Waals surface area (Å²) in [4.78, 5) is 10.6. The van der Waals surface area contributed by atoms with Crippen LogP contribution in [0.15, 0.2) is 52.7 Å². The van der Waals surface area contributed by atoms with Crippen molar-refractivity contribution in [3.63, 3.8) is 0 Å². The second-order valence-electron chi connectivity index (χ2n) is 4.56. The minimum atomic E-state index is -0.535. The predicted octanol–water partition coefficient (Wildman–Crippen LogP) is 4.68. The Morgan fingerprint density at radius 3 is 2.68 bits per heavy atom. The zero-order valence-electron chi connectivity index (χ0n) is 11.9. The number of hydrogen-bond acceptors (Lipinski definition) is 5. The van der Waals surface area contributed by atoms with Crippen LogP contribution in [-0.2, 0) is 6.54 Å². The standard InChI is InChI=1S/C16H14FN3S2/c1-21-12-6-4-11(5-7-12)16-19-14(17)9-15(20-16)18-10-13-3-2-8-22-13/h2-9H,10H2,1H3,(H,18,19,20). The zero-order valence-corrected chi connectivity index (χ0v) is 13.5. The molecule has 0 spiro atoms. The van der Waals surface area contributed by atoms with Gasteiger partial charge in [-0.05, 0) is 29.8 Å². The first-order valence-electron chi connectivity index (χ1n) is 6.70. The second-order valence-corrected chi connectivity index (χ2v) is 6.47. The van der Waals surface area contributed by atoms with Crippen LogP contribution in [0.25, 0.3) is 11.4 Å². The first-order valence-corrected chi connectivity index (χ1v) is 8.80. The average molecular weight is 331 g/mol. The quantitative estimate of drug-likeness (QED) is 0.544. The van der Waals surface area contributed by atoms with Crippen molar-refractivity contribution in [3.05, 3.63) is 58.7 Å². The Morgan fingerprint density at radius 1 is 1.18 bits per heavy atom. The Bertz CT molecular complexity index is 743. The fourth-order valence-electron chi connectivity index (χ4n) is 1.97. The van der Waals surface area contributed by atoms with E-state index in [-0.39, 0.29) is 0 Å². The molecule has 0 radical (unpaired) electrons. The molecule has 0 bridgehead atoms. The Morgan fingerprint density at radius 2 is 2.00 bits per heavy atom. The Hall–Kier alpha value is -1.92. The van der Waals surface area contributed by atoms with Crippen molar-refractivity contribution in [2.45, 2.75) is 11.4 Å². The van der Waals surface area contributed by atoms with Crippen molar-refractivity contribution in [1.82, 2.24) is 9.97 Å². The van der Waals surface area contributed by atoms with E-state index in [4.69, 9.17) is 0 Å². The summed E-state index contributed by atoms with van der Waals surface area (Å²) in [6.45, 7) is 0.624. The lowest BCUT2D eigenvalue weighted by atomic mass is 10.2. The highest BCUT2D eigenvalue weighted by molar-refractivity contribution is 7.98. The molecule has 0 amide bonds. The zero-order chi connectivity index (χ0) is 15.4. The van der Waals surface area contributed by atoms with Crippen LogP contribution in [0.2, 0.25) is 0 Å². The van der Waals surface area contributed by atoms with Gasteiger partial charge in [0.1, 0.15) is 5.82 Å². The third kappa shape index (κ3) is 3.64. The van der Waals surface area contributed by atoms with E-state index in [1.165, 1.54) is 10.9 Å². The Kier molecular flexibility index (Phi) is 4.70. The molecule has 0 aliphatic rings. The molecule has 0 fully saturated rings. The topological polar surface area (TPSA) is 37.8 Å². The van der Waals surface area contributed by atoms with Crippen molar-refractivity contribution in [1.29, 1.82) is 0 Å². The maximum absolute atomic E-state index is 13.7. The minimum absolute atomic E-state index is 0.390. The number of halogens is 1. The van der Waals surface area contributed by atoms with E-state index in [0.717, 1.165) is 10.5 Å². The molecular weight excluding hydrogens is 317 g/mol. The summed E-state index contributed by atoms with van der Waals surface area (Å²) in [5.74, 6) is 0.346. The molecule has 1 aromatic carbocycles. The number of nitrogens with zero attached hydrogens (tertiary/aromatic N) is 2. The van der Waals surface area contributed by atoms with Crippen molar-refractivity contribution >= 4 is 28.9 Å². The van der Waals surface area contributed by atoms with Gasteiger partial charge in [-0.1, -0.05) is 18.2 Å². The van der Waals surface area contributed by atoms with Crippen molar-refractivity contribution < 1.29 is 4.39 Å². The van der Waals surface area contributed by atoms with Gasteiger partial charge in [0.05, 0.1) is 6.54 Å². The molecule has 22 heavy (non-hydrogen) atoms. The van der Waals surface area contributed by atoms with Gasteiger partial charge in [-0.15, -0.1) is 23.1 Å². The van der Waals surface area contributed by atoms with E-state index in [0.29, 0.717) is 18.2 Å². The SMILES string of the molecule is CSc1ccc(-c2nc(F)cc(NCc3cccs3)n2)cc1. The van der Waals surface area contributed by atoms with E-state index in [1.807, 2.05) is 48.0 Å². The Balaban J connectivity index is 1.82. The van der Waals surface area contributed by atoms with Crippen LogP contribution in [-0.4, -0.2) is 16.2 Å². The highest BCUT2D eigenvalue weighted by Gasteiger charge is 2.07. The molecule has 1 N–H and O–H groups in total. The summed E-state index contributed by atoms with van der Waals surface area (Å²) in [6, 6.07) is 13.1. The summed E-state index contributed by atoms with van der Waals surface area (Å²) < 4.78 is 13.7. The third-order valence-electron chi connectivity index (χ3n) is 3.07. The maximum atomic E-state index is 13.7. The number of rotatable bonds is 5. The monoisotopic (exact) mass is 331 g/mol. The van der Waals surface area contributed by atoms with Crippen molar-refractivity contribution in [3.8, 4) is 11.4 Å². The van der Waals surface area contributed by atoms with Crippen LogP contribution in [0.5, 0.6) is 0 Å². The lowest BCUT2D eigenvalue weighted by Gasteiger charge is -2.07. The highest BCUT2D eigenvalue weighted by atomic mass is 32.2. The van der Waals surface area contributed by atoms with E-state index >= 15 is 0 Å². The van der Waals surface area contributed by atoms with Gasteiger partial charge in [0.25, 0.3) is 0 Å². The lowest BCUT2D eigenvalue weighted by Crippen LogP contribution is -2.03. The molecule has 3 nitrogen and oxygen atoms in total. The fraction of sp³-hybridized carbons (Fsp3) is 0.125. The minimum Gasteiger partial charge on any atom is -0.365 e. The summed E-state index contributed by atoms with van der Waals surface area (Å²) in [6.07, 6.45) is 2.01. The summed E-state index contributed by atoms with van der Waals surface area (Å²) in [5.41, 5.74) is 0.802. The molecule has 2 aromatic heterocycles. The van der Waals surface area contributed by atoms with Gasteiger partial charge < -0.3 is 5.32 Å². The van der Waals surface area contributed by atoms with E-state index in [1.54, 1.807) is 23.1 Å². The fourth-order valence-corrected chi connectivity index (χ4v) is 3.02. The van der Waals surface area contributed by atoms with Gasteiger partial charge in [-0.3, -0.25) is 0 Å². The molecule has 0 unspecified atom stereocenters. The molecule has 3 aromatic rings. The van der Waals surface area contributed by atoms with Crippen molar-refractivity contribution in [2.24, 2.45) is 0 Å². The van der Waals surface area contributed by atoms with Crippen LogP contribution >= 0.6 is 23.1 Å². The first-order chi connectivity index (χ1) is 10.7. The average Bonchev–Trinajstić information content (AvgIpc) is 3.06. The van der Waals surface area contributed by atoms with Crippen LogP contribution in [0, 0.1) is 5.95 Å². The van der Waals surface area contributed by atoms with Crippen molar-refractivity contribution in [2.75, 3.05) is 11.6 Å². The molecule has 112 valence electrons. The number of anilines is 1. The molecule has 0 aliphatic carbocycles. The molecule has 2 heterocycles. The van der Waals surface area contributed by atoms with Crippen LogP contribution in [0.4, 0.5) is 10.2 Å². The number of nitrogens with one attached hydrogen (secondary N) is 1.